The summed E-state index contributed by atoms with van der Waals surface area (Å²) in [6.45, 7) is 4.63. The van der Waals surface area contributed by atoms with Crippen LogP contribution in [0.5, 0.6) is 0 Å². The Morgan fingerprint density at radius 2 is 2.22 bits per heavy atom. The van der Waals surface area contributed by atoms with Crippen LogP contribution in [0.4, 0.5) is 5.82 Å². The number of pyridine rings is 1. The van der Waals surface area contributed by atoms with Crippen molar-refractivity contribution < 1.29 is 0 Å². The molecule has 3 rings (SSSR count). The van der Waals surface area contributed by atoms with Crippen LogP contribution in [0.15, 0.2) is 18.3 Å². The van der Waals surface area contributed by atoms with E-state index in [-0.39, 0.29) is 0 Å². The molecule has 0 unspecified atom stereocenters. The Hall–Kier alpha value is -1.09. The van der Waals surface area contributed by atoms with Gasteiger partial charge >= 0.3 is 0 Å². The lowest BCUT2D eigenvalue weighted by Gasteiger charge is -2.30. The Kier molecular flexibility index (Phi) is 3.50. The van der Waals surface area contributed by atoms with Crippen LogP contribution in [0.2, 0.25) is 0 Å². The van der Waals surface area contributed by atoms with Crippen LogP contribution in [-0.4, -0.2) is 29.0 Å². The molecule has 1 atom stereocenters. The van der Waals surface area contributed by atoms with Crippen molar-refractivity contribution in [2.24, 2.45) is 0 Å². The van der Waals surface area contributed by atoms with Gasteiger partial charge in [0.25, 0.3) is 0 Å². The Balaban J connectivity index is 1.81. The summed E-state index contributed by atoms with van der Waals surface area (Å²) in [5.41, 5.74) is 1.41. The zero-order chi connectivity index (χ0) is 12.4. The molecule has 0 spiro atoms. The number of anilines is 1. The predicted octanol–water partition coefficient (Wildman–Crippen LogP) is 3.20. The maximum absolute atomic E-state index is 4.58. The standard InChI is InChI=1S/C15H23N3/c1-2-18-11-5-9-14(18)13-8-4-10-16-15(13)17-12-6-3-7-12/h4,8,10,12,14H,2-3,5-7,9,11H2,1H3,(H,16,17)/t14-/m0/s1. The molecule has 0 aromatic carbocycles. The first-order chi connectivity index (χ1) is 8.88. The number of aromatic nitrogens is 1. The minimum atomic E-state index is 0.575. The highest BCUT2D eigenvalue weighted by Gasteiger charge is 2.28. The SMILES string of the molecule is CCN1CCC[C@H]1c1cccnc1NC1CCC1. The first kappa shape index (κ1) is 12.0. The molecule has 18 heavy (non-hydrogen) atoms. The van der Waals surface area contributed by atoms with Crippen molar-refractivity contribution in [3.05, 3.63) is 23.9 Å². The molecular formula is C15H23N3. The average Bonchev–Trinajstić information content (AvgIpc) is 2.82. The van der Waals surface area contributed by atoms with Gasteiger partial charge in [0.05, 0.1) is 0 Å². The van der Waals surface area contributed by atoms with E-state index < -0.39 is 0 Å². The third kappa shape index (κ3) is 2.24. The highest BCUT2D eigenvalue weighted by molar-refractivity contribution is 5.47. The zero-order valence-electron chi connectivity index (χ0n) is 11.2. The Morgan fingerprint density at radius 3 is 2.94 bits per heavy atom. The van der Waals surface area contributed by atoms with E-state index in [4.69, 9.17) is 0 Å². The second kappa shape index (κ2) is 5.27. The Labute approximate surface area is 110 Å². The van der Waals surface area contributed by atoms with Crippen molar-refractivity contribution in [2.75, 3.05) is 18.4 Å². The summed E-state index contributed by atoms with van der Waals surface area (Å²) in [5, 5.41) is 3.63. The van der Waals surface area contributed by atoms with Gasteiger partial charge in [-0.25, -0.2) is 4.98 Å². The van der Waals surface area contributed by atoms with E-state index in [2.05, 4.69) is 34.3 Å². The normalized spacial score (nSPS) is 25.1. The molecule has 1 aliphatic carbocycles. The molecule has 1 N–H and O–H groups in total. The van der Waals surface area contributed by atoms with E-state index in [0.717, 1.165) is 12.4 Å². The van der Waals surface area contributed by atoms with Crippen LogP contribution in [0.25, 0.3) is 0 Å². The number of nitrogens with one attached hydrogen (secondary N) is 1. The largest absolute Gasteiger partial charge is 0.367 e. The molecule has 0 radical (unpaired) electrons. The van der Waals surface area contributed by atoms with Crippen LogP contribution < -0.4 is 5.32 Å². The van der Waals surface area contributed by atoms with Crippen LogP contribution >= 0.6 is 0 Å². The summed E-state index contributed by atoms with van der Waals surface area (Å²) >= 11 is 0. The molecule has 1 saturated carbocycles. The van der Waals surface area contributed by atoms with Gasteiger partial charge in [-0.3, -0.25) is 4.90 Å². The molecule has 1 aliphatic heterocycles. The van der Waals surface area contributed by atoms with Crippen molar-refractivity contribution in [1.82, 2.24) is 9.88 Å². The van der Waals surface area contributed by atoms with Gasteiger partial charge in [0.2, 0.25) is 0 Å². The number of likely N-dealkylation sites (tertiary alicyclic amines) is 1. The van der Waals surface area contributed by atoms with E-state index in [1.54, 1.807) is 0 Å². The van der Waals surface area contributed by atoms with Gasteiger partial charge in [-0.2, -0.15) is 0 Å². The molecule has 1 aromatic heterocycles. The first-order valence-corrected chi connectivity index (χ1v) is 7.34. The minimum absolute atomic E-state index is 0.575. The molecule has 2 heterocycles. The first-order valence-electron chi connectivity index (χ1n) is 7.34. The second-order valence-corrected chi connectivity index (χ2v) is 5.50. The maximum atomic E-state index is 4.58. The van der Waals surface area contributed by atoms with Crippen LogP contribution in [0.3, 0.4) is 0 Å². The number of hydrogen-bond acceptors (Lipinski definition) is 3. The molecule has 1 aromatic rings. The third-order valence-electron chi connectivity index (χ3n) is 4.41. The average molecular weight is 245 g/mol. The fourth-order valence-electron chi connectivity index (χ4n) is 3.11. The van der Waals surface area contributed by atoms with Crippen molar-refractivity contribution >= 4 is 5.82 Å². The minimum Gasteiger partial charge on any atom is -0.367 e. The lowest BCUT2D eigenvalue weighted by atomic mass is 9.92. The fourth-order valence-corrected chi connectivity index (χ4v) is 3.11. The summed E-state index contributed by atoms with van der Waals surface area (Å²) in [4.78, 5) is 7.15. The summed E-state index contributed by atoms with van der Waals surface area (Å²) in [7, 11) is 0. The second-order valence-electron chi connectivity index (χ2n) is 5.50. The summed E-state index contributed by atoms with van der Waals surface area (Å²) in [6.07, 6.45) is 8.48. The molecular weight excluding hydrogens is 222 g/mol. The molecule has 0 bridgehead atoms. The molecule has 2 fully saturated rings. The van der Waals surface area contributed by atoms with Gasteiger partial charge in [-0.05, 0) is 51.3 Å². The lowest BCUT2D eigenvalue weighted by molar-refractivity contribution is 0.271. The van der Waals surface area contributed by atoms with E-state index in [1.807, 2.05) is 6.20 Å². The molecule has 1 saturated heterocycles. The Bertz CT molecular complexity index is 400. The fraction of sp³-hybridized carbons (Fsp3) is 0.667. The molecule has 98 valence electrons. The lowest BCUT2D eigenvalue weighted by Crippen LogP contribution is -2.29. The van der Waals surface area contributed by atoms with Gasteiger partial charge in [-0.15, -0.1) is 0 Å². The van der Waals surface area contributed by atoms with Crippen molar-refractivity contribution in [1.29, 1.82) is 0 Å². The van der Waals surface area contributed by atoms with Crippen LogP contribution in [0, 0.1) is 0 Å². The highest BCUT2D eigenvalue weighted by Crippen LogP contribution is 2.35. The maximum Gasteiger partial charge on any atom is 0.130 e. The van der Waals surface area contributed by atoms with E-state index in [9.17, 15) is 0 Å². The van der Waals surface area contributed by atoms with E-state index >= 15 is 0 Å². The molecule has 3 heteroatoms. The van der Waals surface area contributed by atoms with Gasteiger partial charge in [0.15, 0.2) is 0 Å². The van der Waals surface area contributed by atoms with Gasteiger partial charge in [-0.1, -0.05) is 13.0 Å². The topological polar surface area (TPSA) is 28.2 Å². The van der Waals surface area contributed by atoms with Gasteiger partial charge in [0, 0.05) is 23.8 Å². The number of hydrogen-bond donors (Lipinski definition) is 1. The van der Waals surface area contributed by atoms with Gasteiger partial charge < -0.3 is 5.32 Å². The van der Waals surface area contributed by atoms with Crippen molar-refractivity contribution in [3.63, 3.8) is 0 Å². The zero-order valence-corrected chi connectivity index (χ0v) is 11.2. The predicted molar refractivity (Wildman–Crippen MR) is 74.7 cm³/mol. The molecule has 2 aliphatic rings. The number of rotatable bonds is 4. The Morgan fingerprint density at radius 1 is 1.33 bits per heavy atom. The van der Waals surface area contributed by atoms with Crippen LogP contribution in [0.1, 0.15) is 50.6 Å². The van der Waals surface area contributed by atoms with Crippen LogP contribution in [-0.2, 0) is 0 Å². The smallest absolute Gasteiger partial charge is 0.130 e. The summed E-state index contributed by atoms with van der Waals surface area (Å²) < 4.78 is 0. The summed E-state index contributed by atoms with van der Waals surface area (Å²) in [6, 6.07) is 5.57. The quantitative estimate of drug-likeness (QED) is 0.883. The molecule has 0 amide bonds. The van der Waals surface area contributed by atoms with E-state index in [1.165, 1.54) is 44.2 Å². The van der Waals surface area contributed by atoms with Crippen molar-refractivity contribution in [3.8, 4) is 0 Å². The summed E-state index contributed by atoms with van der Waals surface area (Å²) in [5.74, 6) is 1.13. The molecule has 3 nitrogen and oxygen atoms in total. The third-order valence-corrected chi connectivity index (χ3v) is 4.41. The number of nitrogens with zero attached hydrogens (tertiary/aromatic N) is 2. The van der Waals surface area contributed by atoms with E-state index in [0.29, 0.717) is 12.1 Å². The van der Waals surface area contributed by atoms with Gasteiger partial charge in [0.1, 0.15) is 5.82 Å². The highest BCUT2D eigenvalue weighted by atomic mass is 15.2. The monoisotopic (exact) mass is 245 g/mol. The van der Waals surface area contributed by atoms with Crippen molar-refractivity contribution in [2.45, 2.75) is 51.1 Å².